The highest BCUT2D eigenvalue weighted by Gasteiger charge is 2.28. The van der Waals surface area contributed by atoms with Gasteiger partial charge in [-0.15, -0.1) is 0 Å². The molecule has 0 radical (unpaired) electrons. The van der Waals surface area contributed by atoms with Crippen molar-refractivity contribution in [3.05, 3.63) is 0 Å². The first-order chi connectivity index (χ1) is 8.92. The molecule has 2 atom stereocenters. The second-order valence-electron chi connectivity index (χ2n) is 6.49. The number of hydrogen-bond acceptors (Lipinski definition) is 3. The van der Waals surface area contributed by atoms with Crippen molar-refractivity contribution in [3.8, 4) is 0 Å². The molecule has 3 heteroatoms. The van der Waals surface area contributed by atoms with Crippen molar-refractivity contribution in [3.63, 3.8) is 0 Å². The Labute approximate surface area is 112 Å². The van der Waals surface area contributed by atoms with Crippen LogP contribution in [0.4, 0.5) is 0 Å². The molecular weight excluding hydrogens is 222 g/mol. The number of nitrogens with one attached hydrogen (secondary N) is 1. The highest BCUT2D eigenvalue weighted by Crippen LogP contribution is 2.22. The Bertz CT molecular complexity index is 250. The second kappa shape index (κ2) is 6.36. The van der Waals surface area contributed by atoms with Gasteiger partial charge in [-0.25, -0.2) is 0 Å². The molecule has 0 spiro atoms. The molecular formula is C15H29N3. The maximum atomic E-state index is 3.48. The summed E-state index contributed by atoms with van der Waals surface area (Å²) < 4.78 is 0. The standard InChI is InChI=1S/C15H29N3/c1(4-14-6-7-16-12-14)8-17-9-3-11-18-10-2-5-15(18)13-17/h14-16H,1-13H2. The Kier molecular flexibility index (Phi) is 4.55. The van der Waals surface area contributed by atoms with E-state index >= 15 is 0 Å². The summed E-state index contributed by atoms with van der Waals surface area (Å²) >= 11 is 0. The molecule has 3 saturated heterocycles. The summed E-state index contributed by atoms with van der Waals surface area (Å²) in [5, 5.41) is 3.48. The van der Waals surface area contributed by atoms with E-state index in [9.17, 15) is 0 Å². The summed E-state index contributed by atoms with van der Waals surface area (Å²) in [6.45, 7) is 9.29. The van der Waals surface area contributed by atoms with Gasteiger partial charge in [-0.1, -0.05) is 0 Å². The molecule has 104 valence electrons. The molecule has 3 aliphatic heterocycles. The van der Waals surface area contributed by atoms with Crippen LogP contribution >= 0.6 is 0 Å². The molecule has 2 unspecified atom stereocenters. The van der Waals surface area contributed by atoms with Crippen LogP contribution in [0.15, 0.2) is 0 Å². The SMILES string of the molecule is C(CC1CCNC1)CN1CCCN2CCCC2C1. The summed E-state index contributed by atoms with van der Waals surface area (Å²) in [5.41, 5.74) is 0. The van der Waals surface area contributed by atoms with E-state index < -0.39 is 0 Å². The lowest BCUT2D eigenvalue weighted by atomic mass is 10.0. The van der Waals surface area contributed by atoms with Crippen molar-refractivity contribution < 1.29 is 0 Å². The highest BCUT2D eigenvalue weighted by molar-refractivity contribution is 4.85. The van der Waals surface area contributed by atoms with E-state index in [1.165, 1.54) is 84.3 Å². The molecule has 3 heterocycles. The van der Waals surface area contributed by atoms with Gasteiger partial charge in [0.05, 0.1) is 0 Å². The van der Waals surface area contributed by atoms with Crippen LogP contribution in [0.3, 0.4) is 0 Å². The molecule has 0 bridgehead atoms. The molecule has 1 N–H and O–H groups in total. The molecule has 0 aromatic carbocycles. The van der Waals surface area contributed by atoms with Crippen molar-refractivity contribution in [2.24, 2.45) is 5.92 Å². The predicted octanol–water partition coefficient (Wildman–Crippen LogP) is 1.55. The highest BCUT2D eigenvalue weighted by atomic mass is 15.3. The van der Waals surface area contributed by atoms with Gasteiger partial charge in [-0.2, -0.15) is 0 Å². The third kappa shape index (κ3) is 3.25. The summed E-state index contributed by atoms with van der Waals surface area (Å²) in [7, 11) is 0. The Morgan fingerprint density at radius 3 is 2.89 bits per heavy atom. The lowest BCUT2D eigenvalue weighted by Gasteiger charge is -2.25. The smallest absolute Gasteiger partial charge is 0.0223 e. The average Bonchev–Trinajstić information content (AvgIpc) is 2.99. The normalized spacial score (nSPS) is 34.7. The topological polar surface area (TPSA) is 18.5 Å². The maximum Gasteiger partial charge on any atom is 0.0223 e. The molecule has 0 aliphatic carbocycles. The van der Waals surface area contributed by atoms with Crippen LogP contribution in [-0.4, -0.2) is 61.7 Å². The van der Waals surface area contributed by atoms with Crippen molar-refractivity contribution in [1.29, 1.82) is 0 Å². The van der Waals surface area contributed by atoms with Gasteiger partial charge < -0.3 is 10.2 Å². The minimum Gasteiger partial charge on any atom is -0.316 e. The molecule has 0 amide bonds. The zero-order valence-corrected chi connectivity index (χ0v) is 11.7. The van der Waals surface area contributed by atoms with Gasteiger partial charge in [0, 0.05) is 12.6 Å². The third-order valence-electron chi connectivity index (χ3n) is 5.14. The largest absolute Gasteiger partial charge is 0.316 e. The molecule has 3 nitrogen and oxygen atoms in total. The summed E-state index contributed by atoms with van der Waals surface area (Å²) in [6.07, 6.45) is 8.55. The zero-order chi connectivity index (χ0) is 12.2. The van der Waals surface area contributed by atoms with E-state index in [4.69, 9.17) is 0 Å². The van der Waals surface area contributed by atoms with Gasteiger partial charge in [0.2, 0.25) is 0 Å². The summed E-state index contributed by atoms with van der Waals surface area (Å²) in [5.74, 6) is 0.972. The van der Waals surface area contributed by atoms with E-state index in [0.717, 1.165) is 12.0 Å². The first-order valence-corrected chi connectivity index (χ1v) is 8.09. The van der Waals surface area contributed by atoms with E-state index in [0.29, 0.717) is 0 Å². The monoisotopic (exact) mass is 251 g/mol. The van der Waals surface area contributed by atoms with Gasteiger partial charge in [0.15, 0.2) is 0 Å². The first-order valence-electron chi connectivity index (χ1n) is 8.09. The van der Waals surface area contributed by atoms with E-state index in [2.05, 4.69) is 15.1 Å². The summed E-state index contributed by atoms with van der Waals surface area (Å²) in [6, 6.07) is 0.889. The van der Waals surface area contributed by atoms with Crippen LogP contribution < -0.4 is 5.32 Å². The molecule has 0 saturated carbocycles. The van der Waals surface area contributed by atoms with Crippen LogP contribution in [-0.2, 0) is 0 Å². The third-order valence-corrected chi connectivity index (χ3v) is 5.14. The quantitative estimate of drug-likeness (QED) is 0.818. The van der Waals surface area contributed by atoms with Crippen LogP contribution in [0.5, 0.6) is 0 Å². The molecule has 3 rings (SSSR count). The van der Waals surface area contributed by atoms with Crippen molar-refractivity contribution in [2.75, 3.05) is 45.8 Å². The van der Waals surface area contributed by atoms with Crippen molar-refractivity contribution >= 4 is 0 Å². The van der Waals surface area contributed by atoms with Gasteiger partial charge >= 0.3 is 0 Å². The van der Waals surface area contributed by atoms with Crippen molar-refractivity contribution in [2.45, 2.75) is 44.6 Å². The van der Waals surface area contributed by atoms with Gasteiger partial charge in [-0.3, -0.25) is 4.90 Å². The Hall–Kier alpha value is -0.120. The van der Waals surface area contributed by atoms with Gasteiger partial charge in [0.1, 0.15) is 0 Å². The molecule has 3 fully saturated rings. The number of rotatable bonds is 4. The number of nitrogens with zero attached hydrogens (tertiary/aromatic N) is 2. The molecule has 18 heavy (non-hydrogen) atoms. The van der Waals surface area contributed by atoms with Crippen LogP contribution in [0.2, 0.25) is 0 Å². The number of hydrogen-bond donors (Lipinski definition) is 1. The fraction of sp³-hybridized carbons (Fsp3) is 1.00. The zero-order valence-electron chi connectivity index (χ0n) is 11.7. The second-order valence-corrected chi connectivity index (χ2v) is 6.49. The van der Waals surface area contributed by atoms with Crippen LogP contribution in [0.25, 0.3) is 0 Å². The maximum absolute atomic E-state index is 3.48. The summed E-state index contributed by atoms with van der Waals surface area (Å²) in [4.78, 5) is 5.49. The lowest BCUT2D eigenvalue weighted by molar-refractivity contribution is 0.215. The van der Waals surface area contributed by atoms with Gasteiger partial charge in [0.25, 0.3) is 0 Å². The van der Waals surface area contributed by atoms with Gasteiger partial charge in [-0.05, 0) is 83.7 Å². The minimum atomic E-state index is 0.889. The fourth-order valence-corrected chi connectivity index (χ4v) is 4.05. The van der Waals surface area contributed by atoms with Crippen molar-refractivity contribution in [1.82, 2.24) is 15.1 Å². The molecule has 0 aromatic rings. The molecule has 3 aliphatic rings. The Morgan fingerprint density at radius 1 is 1.06 bits per heavy atom. The Morgan fingerprint density at radius 2 is 2.00 bits per heavy atom. The first kappa shape index (κ1) is 12.9. The molecule has 0 aromatic heterocycles. The average molecular weight is 251 g/mol. The lowest BCUT2D eigenvalue weighted by Crippen LogP contribution is -2.37. The predicted molar refractivity (Wildman–Crippen MR) is 75.9 cm³/mol. The van der Waals surface area contributed by atoms with Crippen LogP contribution in [0.1, 0.15) is 38.5 Å². The fourth-order valence-electron chi connectivity index (χ4n) is 4.05. The Balaban J connectivity index is 1.38. The number of fused-ring (bicyclic) bond motifs is 1. The van der Waals surface area contributed by atoms with E-state index in [1.54, 1.807) is 0 Å². The van der Waals surface area contributed by atoms with E-state index in [-0.39, 0.29) is 0 Å². The minimum absolute atomic E-state index is 0.889. The van der Waals surface area contributed by atoms with Crippen LogP contribution in [0, 0.1) is 5.92 Å². The van der Waals surface area contributed by atoms with E-state index in [1.807, 2.05) is 0 Å².